The topological polar surface area (TPSA) is 24.5 Å². The second kappa shape index (κ2) is 7.76. The van der Waals surface area contributed by atoms with Crippen LogP contribution in [0.25, 0.3) is 0 Å². The molecule has 1 fully saturated rings. The number of nitrogens with zero attached hydrogens (tertiary/aromatic N) is 1. The molecule has 0 aliphatic carbocycles. The van der Waals surface area contributed by atoms with Crippen LogP contribution in [0.15, 0.2) is 24.3 Å². The molecule has 1 aliphatic heterocycles. The van der Waals surface area contributed by atoms with Crippen LogP contribution >= 0.6 is 0 Å². The molecular formula is C17H27FN2O. The zero-order chi connectivity index (χ0) is 15.2. The fraction of sp³-hybridized carbons (Fsp3) is 0.647. The Morgan fingerprint density at radius 2 is 1.90 bits per heavy atom. The van der Waals surface area contributed by atoms with Crippen LogP contribution in [-0.2, 0) is 4.74 Å². The minimum absolute atomic E-state index is 0.188. The largest absolute Gasteiger partial charge is 0.372 e. The van der Waals surface area contributed by atoms with Gasteiger partial charge in [0.2, 0.25) is 0 Å². The number of benzene rings is 1. The van der Waals surface area contributed by atoms with Gasteiger partial charge in [-0.1, -0.05) is 13.8 Å². The lowest BCUT2D eigenvalue weighted by Gasteiger charge is -2.26. The summed E-state index contributed by atoms with van der Waals surface area (Å²) >= 11 is 0. The Kier molecular flexibility index (Phi) is 6.00. The van der Waals surface area contributed by atoms with Crippen molar-refractivity contribution in [3.05, 3.63) is 30.1 Å². The standard InChI is InChI=1S/C17H27FN2O/c1-4-20(15-7-5-14(18)6-8-15)12-17-10-9-16(21-17)11-19-13(2)3/h5-8,13,16-17,19H,4,9-12H2,1-3H3. The van der Waals surface area contributed by atoms with Gasteiger partial charge in [-0.3, -0.25) is 0 Å². The Morgan fingerprint density at radius 1 is 1.24 bits per heavy atom. The summed E-state index contributed by atoms with van der Waals surface area (Å²) in [4.78, 5) is 2.25. The number of hydrogen-bond acceptors (Lipinski definition) is 3. The van der Waals surface area contributed by atoms with Gasteiger partial charge in [-0.2, -0.15) is 0 Å². The maximum Gasteiger partial charge on any atom is 0.123 e. The second-order valence-corrected chi connectivity index (χ2v) is 6.04. The molecule has 1 N–H and O–H groups in total. The SMILES string of the molecule is CCN(CC1CCC(CNC(C)C)O1)c1ccc(F)cc1. The number of halogens is 1. The molecule has 0 aromatic heterocycles. The number of anilines is 1. The molecule has 2 atom stereocenters. The second-order valence-electron chi connectivity index (χ2n) is 6.04. The Balaban J connectivity index is 1.84. The number of nitrogens with one attached hydrogen (secondary N) is 1. The highest BCUT2D eigenvalue weighted by Gasteiger charge is 2.26. The van der Waals surface area contributed by atoms with Crippen molar-refractivity contribution < 1.29 is 9.13 Å². The average molecular weight is 294 g/mol. The molecule has 0 amide bonds. The number of likely N-dealkylation sites (N-methyl/N-ethyl adjacent to an activating group) is 1. The summed E-state index contributed by atoms with van der Waals surface area (Å²) in [6.07, 6.45) is 2.81. The lowest BCUT2D eigenvalue weighted by atomic mass is 10.1. The minimum Gasteiger partial charge on any atom is -0.372 e. The van der Waals surface area contributed by atoms with E-state index in [1.807, 2.05) is 12.1 Å². The van der Waals surface area contributed by atoms with Crippen molar-refractivity contribution in [3.63, 3.8) is 0 Å². The van der Waals surface area contributed by atoms with Gasteiger partial charge in [-0.05, 0) is 44.0 Å². The van der Waals surface area contributed by atoms with Gasteiger partial charge in [0, 0.05) is 31.4 Å². The van der Waals surface area contributed by atoms with E-state index < -0.39 is 0 Å². The first-order valence-corrected chi connectivity index (χ1v) is 7.97. The predicted octanol–water partition coefficient (Wildman–Crippen LogP) is 3.20. The lowest BCUT2D eigenvalue weighted by molar-refractivity contribution is 0.0485. The van der Waals surface area contributed by atoms with Crippen LogP contribution in [0, 0.1) is 5.82 Å². The van der Waals surface area contributed by atoms with Gasteiger partial charge >= 0.3 is 0 Å². The maximum absolute atomic E-state index is 13.0. The molecule has 0 radical (unpaired) electrons. The first-order valence-electron chi connectivity index (χ1n) is 7.97. The van der Waals surface area contributed by atoms with E-state index >= 15 is 0 Å². The molecule has 118 valence electrons. The van der Waals surface area contributed by atoms with Crippen LogP contribution in [0.5, 0.6) is 0 Å². The van der Waals surface area contributed by atoms with Crippen LogP contribution in [0.4, 0.5) is 10.1 Å². The van der Waals surface area contributed by atoms with Crippen molar-refractivity contribution in [3.8, 4) is 0 Å². The predicted molar refractivity (Wildman–Crippen MR) is 85.3 cm³/mol. The number of hydrogen-bond donors (Lipinski definition) is 1. The smallest absolute Gasteiger partial charge is 0.123 e. The van der Waals surface area contributed by atoms with Crippen LogP contribution in [0.1, 0.15) is 33.6 Å². The quantitative estimate of drug-likeness (QED) is 0.836. The van der Waals surface area contributed by atoms with E-state index in [1.54, 1.807) is 0 Å². The van der Waals surface area contributed by atoms with Crippen molar-refractivity contribution in [1.82, 2.24) is 5.32 Å². The van der Waals surface area contributed by atoms with Crippen molar-refractivity contribution in [2.75, 3.05) is 24.5 Å². The van der Waals surface area contributed by atoms with E-state index in [0.717, 1.165) is 38.2 Å². The van der Waals surface area contributed by atoms with E-state index in [1.165, 1.54) is 12.1 Å². The summed E-state index contributed by atoms with van der Waals surface area (Å²) in [5.74, 6) is -0.188. The zero-order valence-electron chi connectivity index (χ0n) is 13.3. The lowest BCUT2D eigenvalue weighted by Crippen LogP contribution is -2.35. The summed E-state index contributed by atoms with van der Waals surface area (Å²) in [7, 11) is 0. The molecule has 3 nitrogen and oxygen atoms in total. The summed E-state index contributed by atoms with van der Waals surface area (Å²) in [6, 6.07) is 7.21. The fourth-order valence-corrected chi connectivity index (χ4v) is 2.75. The van der Waals surface area contributed by atoms with Crippen molar-refractivity contribution >= 4 is 5.69 Å². The van der Waals surface area contributed by atoms with Gasteiger partial charge in [0.25, 0.3) is 0 Å². The Hall–Kier alpha value is -1.13. The Morgan fingerprint density at radius 3 is 2.52 bits per heavy atom. The third kappa shape index (κ3) is 4.97. The van der Waals surface area contributed by atoms with E-state index in [-0.39, 0.29) is 11.9 Å². The highest BCUT2D eigenvalue weighted by atomic mass is 19.1. The molecule has 4 heteroatoms. The first-order chi connectivity index (χ1) is 10.1. The maximum atomic E-state index is 13.0. The van der Waals surface area contributed by atoms with Gasteiger partial charge in [0.15, 0.2) is 0 Å². The summed E-state index contributed by atoms with van der Waals surface area (Å²) < 4.78 is 19.1. The van der Waals surface area contributed by atoms with Crippen molar-refractivity contribution in [2.24, 2.45) is 0 Å². The van der Waals surface area contributed by atoms with Crippen LogP contribution in [-0.4, -0.2) is 37.9 Å². The van der Waals surface area contributed by atoms with Gasteiger partial charge in [0.1, 0.15) is 5.82 Å². The first kappa shape index (κ1) is 16.2. The fourth-order valence-electron chi connectivity index (χ4n) is 2.75. The molecule has 0 saturated carbocycles. The van der Waals surface area contributed by atoms with Crippen molar-refractivity contribution in [2.45, 2.75) is 51.9 Å². The van der Waals surface area contributed by atoms with Gasteiger partial charge in [-0.15, -0.1) is 0 Å². The summed E-state index contributed by atoms with van der Waals surface area (Å²) in [5.41, 5.74) is 1.06. The number of ether oxygens (including phenoxy) is 1. The highest BCUT2D eigenvalue weighted by molar-refractivity contribution is 5.46. The highest BCUT2D eigenvalue weighted by Crippen LogP contribution is 2.23. The molecule has 0 spiro atoms. The van der Waals surface area contributed by atoms with E-state index in [2.05, 4.69) is 31.0 Å². The molecule has 1 aromatic rings. The third-order valence-corrected chi connectivity index (χ3v) is 3.95. The molecule has 1 saturated heterocycles. The molecular weight excluding hydrogens is 267 g/mol. The van der Waals surface area contributed by atoms with Gasteiger partial charge in [-0.25, -0.2) is 4.39 Å². The van der Waals surface area contributed by atoms with E-state index in [9.17, 15) is 4.39 Å². The Bertz CT molecular complexity index is 421. The third-order valence-electron chi connectivity index (χ3n) is 3.95. The molecule has 2 rings (SSSR count). The summed E-state index contributed by atoms with van der Waals surface area (Å²) in [5, 5.41) is 3.43. The molecule has 1 aliphatic rings. The summed E-state index contributed by atoms with van der Waals surface area (Å²) in [6.45, 7) is 9.13. The molecule has 21 heavy (non-hydrogen) atoms. The molecule has 2 unspecified atom stereocenters. The normalized spacial score (nSPS) is 22.0. The molecule has 0 bridgehead atoms. The van der Waals surface area contributed by atoms with E-state index in [4.69, 9.17) is 4.74 Å². The zero-order valence-corrected chi connectivity index (χ0v) is 13.3. The number of rotatable bonds is 7. The van der Waals surface area contributed by atoms with Gasteiger partial charge in [0.05, 0.1) is 12.2 Å². The minimum atomic E-state index is -0.188. The van der Waals surface area contributed by atoms with Crippen molar-refractivity contribution in [1.29, 1.82) is 0 Å². The molecule has 1 aromatic carbocycles. The Labute approximate surface area is 127 Å². The van der Waals surface area contributed by atoms with E-state index in [0.29, 0.717) is 12.1 Å². The average Bonchev–Trinajstić information content (AvgIpc) is 2.91. The van der Waals surface area contributed by atoms with Crippen LogP contribution in [0.2, 0.25) is 0 Å². The monoisotopic (exact) mass is 294 g/mol. The van der Waals surface area contributed by atoms with Crippen LogP contribution < -0.4 is 10.2 Å². The molecule has 1 heterocycles. The van der Waals surface area contributed by atoms with Gasteiger partial charge < -0.3 is 15.0 Å². The van der Waals surface area contributed by atoms with Crippen LogP contribution in [0.3, 0.4) is 0 Å².